The summed E-state index contributed by atoms with van der Waals surface area (Å²) in [4.78, 5) is 38.9. The van der Waals surface area contributed by atoms with Gasteiger partial charge in [-0.25, -0.2) is 4.39 Å². The first kappa shape index (κ1) is 30.9. The van der Waals surface area contributed by atoms with Crippen LogP contribution >= 0.6 is 27.7 Å². The quantitative estimate of drug-likeness (QED) is 0.196. The number of halogens is 5. The molecule has 0 atom stereocenters. The Morgan fingerprint density at radius 2 is 1.76 bits per heavy atom. The predicted octanol–water partition coefficient (Wildman–Crippen LogP) is 6.88. The molecule has 220 valence electrons. The molecule has 0 bridgehead atoms. The number of imide groups is 1. The van der Waals surface area contributed by atoms with Crippen molar-refractivity contribution in [3.8, 4) is 17.2 Å². The van der Waals surface area contributed by atoms with Crippen LogP contribution in [0.1, 0.15) is 16.7 Å². The summed E-state index contributed by atoms with van der Waals surface area (Å²) in [5.41, 5.74) is -0.232. The first-order valence-corrected chi connectivity index (χ1v) is 13.6. The van der Waals surface area contributed by atoms with Crippen molar-refractivity contribution < 1.29 is 46.2 Å². The number of nitrogens with zero attached hydrogens (tertiary/aromatic N) is 1. The molecule has 1 N–H and O–H groups in total. The summed E-state index contributed by atoms with van der Waals surface area (Å²) < 4.78 is 69.5. The van der Waals surface area contributed by atoms with Gasteiger partial charge in [-0.2, -0.15) is 13.2 Å². The van der Waals surface area contributed by atoms with Gasteiger partial charge in [0.05, 0.1) is 30.4 Å². The number of carbonyl (C=O) groups excluding carboxylic acids is 3. The molecular weight excluding hydrogens is 648 g/mol. The van der Waals surface area contributed by atoms with Gasteiger partial charge in [-0.15, -0.1) is 0 Å². The zero-order chi connectivity index (χ0) is 30.6. The van der Waals surface area contributed by atoms with Crippen LogP contribution in [-0.2, 0) is 22.4 Å². The summed E-state index contributed by atoms with van der Waals surface area (Å²) in [7, 11) is 2.63. The number of carbonyl (C=O) groups is 3. The van der Waals surface area contributed by atoms with Crippen molar-refractivity contribution in [3.63, 3.8) is 0 Å². The van der Waals surface area contributed by atoms with Gasteiger partial charge in [0.25, 0.3) is 11.1 Å². The van der Waals surface area contributed by atoms with Crippen LogP contribution in [0.15, 0.2) is 64.0 Å². The number of nitrogens with one attached hydrogen (secondary N) is 1. The van der Waals surface area contributed by atoms with Gasteiger partial charge in [0.2, 0.25) is 5.91 Å². The zero-order valence-corrected chi connectivity index (χ0v) is 24.3. The minimum absolute atomic E-state index is 0.000585. The van der Waals surface area contributed by atoms with E-state index in [-0.39, 0.29) is 22.9 Å². The maximum Gasteiger partial charge on any atom is 0.416 e. The molecule has 3 aromatic carbocycles. The van der Waals surface area contributed by atoms with Crippen LogP contribution in [-0.4, -0.2) is 42.7 Å². The van der Waals surface area contributed by atoms with Crippen molar-refractivity contribution in [3.05, 3.63) is 86.5 Å². The lowest BCUT2D eigenvalue weighted by Gasteiger charge is -2.16. The molecular formula is C28H21BrF4N2O6S. The van der Waals surface area contributed by atoms with E-state index in [9.17, 15) is 31.9 Å². The first-order chi connectivity index (χ1) is 19.9. The van der Waals surface area contributed by atoms with E-state index in [0.717, 1.165) is 12.1 Å². The molecule has 3 amide bonds. The lowest BCUT2D eigenvalue weighted by Crippen LogP contribution is -2.36. The summed E-state index contributed by atoms with van der Waals surface area (Å²) >= 11 is 3.99. The minimum Gasteiger partial charge on any atom is -0.495 e. The molecule has 0 saturated carbocycles. The lowest BCUT2D eigenvalue weighted by molar-refractivity contribution is -0.137. The second-order valence-electron chi connectivity index (χ2n) is 8.67. The number of methoxy groups -OCH3 is 2. The standard InChI is InChI=1S/C28H21BrF4N2O6S/c1-39-21-7-6-17(28(31,32)33)11-20(21)34-25(36)13-35-26(37)24(42-27(35)38)10-16-9-22(40-2)23(12-19(16)29)41-14-15-4-3-5-18(30)8-15/h3-12H,13-14H2,1-2H3,(H,34,36)/b24-10-. The molecule has 0 spiro atoms. The van der Waals surface area contributed by atoms with Gasteiger partial charge in [0.15, 0.2) is 11.5 Å². The fourth-order valence-electron chi connectivity index (χ4n) is 3.81. The van der Waals surface area contributed by atoms with Crippen molar-refractivity contribution >= 4 is 56.5 Å². The number of anilines is 1. The Morgan fingerprint density at radius 3 is 2.43 bits per heavy atom. The fourth-order valence-corrected chi connectivity index (χ4v) is 5.08. The Hall–Kier alpha value is -4.04. The first-order valence-electron chi connectivity index (χ1n) is 11.9. The number of ether oxygens (including phenoxy) is 3. The third kappa shape index (κ3) is 7.23. The highest BCUT2D eigenvalue weighted by Gasteiger charge is 2.37. The molecule has 14 heteroatoms. The number of alkyl halides is 3. The smallest absolute Gasteiger partial charge is 0.416 e. The van der Waals surface area contributed by atoms with E-state index in [1.54, 1.807) is 24.3 Å². The highest BCUT2D eigenvalue weighted by atomic mass is 79.9. The van der Waals surface area contributed by atoms with E-state index in [2.05, 4.69) is 21.2 Å². The summed E-state index contributed by atoms with van der Waals surface area (Å²) in [6.07, 6.45) is -3.24. The average Bonchev–Trinajstić information content (AvgIpc) is 3.19. The average molecular weight is 669 g/mol. The lowest BCUT2D eigenvalue weighted by atomic mass is 10.1. The third-order valence-electron chi connectivity index (χ3n) is 5.83. The van der Waals surface area contributed by atoms with Crippen LogP contribution in [0.2, 0.25) is 0 Å². The van der Waals surface area contributed by atoms with Gasteiger partial charge in [-0.3, -0.25) is 19.3 Å². The zero-order valence-electron chi connectivity index (χ0n) is 21.9. The largest absolute Gasteiger partial charge is 0.495 e. The van der Waals surface area contributed by atoms with Crippen molar-refractivity contribution in [2.45, 2.75) is 12.8 Å². The van der Waals surface area contributed by atoms with E-state index in [1.165, 1.54) is 32.4 Å². The number of hydrogen-bond acceptors (Lipinski definition) is 7. The maximum atomic E-state index is 13.5. The van der Waals surface area contributed by atoms with Crippen molar-refractivity contribution in [1.82, 2.24) is 4.90 Å². The molecule has 8 nitrogen and oxygen atoms in total. The SMILES string of the molecule is COc1ccc(C(F)(F)F)cc1NC(=O)CN1C(=O)S/C(=C\c2cc(OC)c(OCc3cccc(F)c3)cc2Br)C1=O. The van der Waals surface area contributed by atoms with Gasteiger partial charge in [0.1, 0.15) is 24.7 Å². The van der Waals surface area contributed by atoms with E-state index in [0.29, 0.717) is 49.8 Å². The normalized spacial score (nSPS) is 14.4. The summed E-state index contributed by atoms with van der Waals surface area (Å²) in [6.45, 7) is -0.675. The summed E-state index contributed by atoms with van der Waals surface area (Å²) in [5.74, 6) is -1.48. The van der Waals surface area contributed by atoms with E-state index in [1.807, 2.05) is 0 Å². The Morgan fingerprint density at radius 1 is 1.02 bits per heavy atom. The van der Waals surface area contributed by atoms with Crippen LogP contribution < -0.4 is 19.5 Å². The molecule has 1 fully saturated rings. The van der Waals surface area contributed by atoms with Crippen LogP contribution in [0, 0.1) is 5.82 Å². The Labute approximate surface area is 249 Å². The molecule has 3 aromatic rings. The van der Waals surface area contributed by atoms with Crippen molar-refractivity contribution in [2.75, 3.05) is 26.1 Å². The number of rotatable bonds is 9. The number of benzene rings is 3. The molecule has 1 aliphatic heterocycles. The Balaban J connectivity index is 1.48. The van der Waals surface area contributed by atoms with Gasteiger partial charge < -0.3 is 19.5 Å². The van der Waals surface area contributed by atoms with Crippen LogP contribution in [0.4, 0.5) is 28.0 Å². The van der Waals surface area contributed by atoms with Crippen LogP contribution in [0.25, 0.3) is 6.08 Å². The van der Waals surface area contributed by atoms with Gasteiger partial charge in [0, 0.05) is 4.47 Å². The molecule has 1 aliphatic rings. The highest BCUT2D eigenvalue weighted by Crippen LogP contribution is 2.39. The topological polar surface area (TPSA) is 94.2 Å². The van der Waals surface area contributed by atoms with Crippen LogP contribution in [0.5, 0.6) is 17.2 Å². The molecule has 1 saturated heterocycles. The Bertz CT molecular complexity index is 1580. The molecule has 42 heavy (non-hydrogen) atoms. The second kappa shape index (κ2) is 12.9. The minimum atomic E-state index is -4.66. The number of thioether (sulfide) groups is 1. The number of amides is 3. The van der Waals surface area contributed by atoms with E-state index in [4.69, 9.17) is 14.2 Å². The highest BCUT2D eigenvalue weighted by molar-refractivity contribution is 9.10. The molecule has 0 aromatic heterocycles. The molecule has 1 heterocycles. The monoisotopic (exact) mass is 668 g/mol. The van der Waals surface area contributed by atoms with Gasteiger partial charge >= 0.3 is 6.18 Å². The maximum absolute atomic E-state index is 13.5. The van der Waals surface area contributed by atoms with E-state index < -0.39 is 41.2 Å². The summed E-state index contributed by atoms with van der Waals surface area (Å²) in [5, 5.41) is 1.53. The fraction of sp³-hybridized carbons (Fsp3) is 0.179. The third-order valence-corrected chi connectivity index (χ3v) is 7.42. The summed E-state index contributed by atoms with van der Waals surface area (Å²) in [6, 6.07) is 11.6. The predicted molar refractivity (Wildman–Crippen MR) is 151 cm³/mol. The van der Waals surface area contributed by atoms with Crippen molar-refractivity contribution in [2.24, 2.45) is 0 Å². The Kier molecular flexibility index (Phi) is 9.46. The van der Waals surface area contributed by atoms with Gasteiger partial charge in [-0.05, 0) is 71.4 Å². The molecule has 0 unspecified atom stereocenters. The van der Waals surface area contributed by atoms with E-state index >= 15 is 0 Å². The number of hydrogen-bond donors (Lipinski definition) is 1. The van der Waals surface area contributed by atoms with Gasteiger partial charge in [-0.1, -0.05) is 28.1 Å². The van der Waals surface area contributed by atoms with Crippen LogP contribution in [0.3, 0.4) is 0 Å². The molecule has 4 rings (SSSR count). The molecule has 0 radical (unpaired) electrons. The second-order valence-corrected chi connectivity index (χ2v) is 10.5. The van der Waals surface area contributed by atoms with Crippen molar-refractivity contribution in [1.29, 1.82) is 0 Å². The molecule has 0 aliphatic carbocycles.